The number of hydrogen-bond acceptors (Lipinski definition) is 1. The van der Waals surface area contributed by atoms with Crippen LogP contribution in [0.15, 0.2) is 0 Å². The van der Waals surface area contributed by atoms with E-state index in [4.69, 9.17) is 11.6 Å². The van der Waals surface area contributed by atoms with Gasteiger partial charge in [-0.25, -0.2) is 0 Å². The highest BCUT2D eigenvalue weighted by Crippen LogP contribution is 2.21. The van der Waals surface area contributed by atoms with Gasteiger partial charge < -0.3 is 0 Å². The Hall–Kier alpha value is -0.0400. The van der Waals surface area contributed by atoms with E-state index in [1.807, 2.05) is 0 Å². The van der Waals surface area contributed by atoms with Crippen LogP contribution in [0, 0.1) is 5.92 Å². The normalized spacial score (nSPS) is 12.7. The number of rotatable bonds is 10. The molecule has 0 fully saturated rings. The van der Waals surface area contributed by atoms with Gasteiger partial charge in [-0.3, -0.25) is 4.79 Å². The van der Waals surface area contributed by atoms with E-state index in [2.05, 4.69) is 13.8 Å². The number of carbonyl (C=O) groups excluding carboxylic acids is 1. The topological polar surface area (TPSA) is 17.1 Å². The molecular weight excluding hydrogens is 208 g/mol. The van der Waals surface area contributed by atoms with E-state index < -0.39 is 0 Å². The molecule has 0 N–H and O–H groups in total. The Morgan fingerprint density at radius 3 is 2.13 bits per heavy atom. The van der Waals surface area contributed by atoms with E-state index in [1.54, 1.807) is 0 Å². The maximum atomic E-state index is 10.9. The van der Waals surface area contributed by atoms with Gasteiger partial charge in [-0.05, 0) is 30.4 Å². The van der Waals surface area contributed by atoms with Crippen LogP contribution in [-0.4, -0.2) is 5.24 Å². The molecule has 0 aromatic carbocycles. The number of halogens is 1. The second kappa shape index (κ2) is 10.5. The predicted molar refractivity (Wildman–Crippen MR) is 67.3 cm³/mol. The summed E-state index contributed by atoms with van der Waals surface area (Å²) in [4.78, 5) is 10.9. The Kier molecular flexibility index (Phi) is 10.4. The maximum absolute atomic E-state index is 10.9. The third-order valence-electron chi connectivity index (χ3n) is 2.88. The molecule has 0 rings (SSSR count). The van der Waals surface area contributed by atoms with Gasteiger partial charge in [0.15, 0.2) is 0 Å². The monoisotopic (exact) mass is 232 g/mol. The molecule has 2 heteroatoms. The molecule has 0 spiro atoms. The summed E-state index contributed by atoms with van der Waals surface area (Å²) in [5, 5.41) is -0.161. The van der Waals surface area contributed by atoms with Gasteiger partial charge in [0.05, 0.1) is 0 Å². The van der Waals surface area contributed by atoms with Crippen molar-refractivity contribution in [3.8, 4) is 0 Å². The third kappa shape index (κ3) is 10.2. The summed E-state index contributed by atoms with van der Waals surface area (Å²) in [6.45, 7) is 4.41. The quantitative estimate of drug-likeness (QED) is 0.386. The fourth-order valence-electron chi connectivity index (χ4n) is 1.93. The molecule has 0 aliphatic heterocycles. The van der Waals surface area contributed by atoms with E-state index in [9.17, 15) is 4.79 Å². The minimum Gasteiger partial charge on any atom is -0.281 e. The van der Waals surface area contributed by atoms with Gasteiger partial charge in [0, 0.05) is 6.42 Å². The molecule has 90 valence electrons. The number of unbranched alkanes of at least 4 members (excludes halogenated alkanes) is 4. The van der Waals surface area contributed by atoms with Crippen LogP contribution < -0.4 is 0 Å². The molecule has 1 nitrogen and oxygen atoms in total. The lowest BCUT2D eigenvalue weighted by atomic mass is 9.93. The van der Waals surface area contributed by atoms with E-state index in [1.165, 1.54) is 51.4 Å². The first kappa shape index (κ1) is 15.0. The molecule has 0 aliphatic carbocycles. The zero-order chi connectivity index (χ0) is 11.5. The molecule has 0 amide bonds. The van der Waals surface area contributed by atoms with Crippen LogP contribution in [0.25, 0.3) is 0 Å². The third-order valence-corrected chi connectivity index (χ3v) is 3.04. The zero-order valence-corrected chi connectivity index (χ0v) is 11.0. The highest BCUT2D eigenvalue weighted by molar-refractivity contribution is 6.63. The molecule has 0 bridgehead atoms. The van der Waals surface area contributed by atoms with Crippen LogP contribution in [0.4, 0.5) is 0 Å². The second-order valence-electron chi connectivity index (χ2n) is 4.42. The lowest BCUT2D eigenvalue weighted by Crippen LogP contribution is -2.04. The highest BCUT2D eigenvalue weighted by atomic mass is 35.5. The minimum absolute atomic E-state index is 0.161. The molecule has 1 atom stereocenters. The lowest BCUT2D eigenvalue weighted by molar-refractivity contribution is -0.112. The largest absolute Gasteiger partial charge is 0.281 e. The highest BCUT2D eigenvalue weighted by Gasteiger charge is 2.11. The van der Waals surface area contributed by atoms with Crippen LogP contribution in [0.2, 0.25) is 0 Å². The molecule has 0 saturated heterocycles. The van der Waals surface area contributed by atoms with Crippen molar-refractivity contribution in [2.24, 2.45) is 5.92 Å². The second-order valence-corrected chi connectivity index (χ2v) is 4.84. The van der Waals surface area contributed by atoms with Gasteiger partial charge in [-0.1, -0.05) is 52.4 Å². The molecule has 0 aromatic heterocycles. The fourth-order valence-corrected chi connectivity index (χ4v) is 2.15. The summed E-state index contributed by atoms with van der Waals surface area (Å²) in [5.41, 5.74) is 0. The average molecular weight is 233 g/mol. The first-order valence-corrected chi connectivity index (χ1v) is 6.76. The molecule has 0 heterocycles. The first-order valence-electron chi connectivity index (χ1n) is 6.39. The molecule has 1 unspecified atom stereocenters. The fraction of sp³-hybridized carbons (Fsp3) is 0.923. The van der Waals surface area contributed by atoms with Crippen molar-refractivity contribution in [2.45, 2.75) is 71.6 Å². The summed E-state index contributed by atoms with van der Waals surface area (Å²) in [6.07, 6.45) is 10.5. The van der Waals surface area contributed by atoms with Crippen LogP contribution in [0.1, 0.15) is 71.6 Å². The first-order chi connectivity index (χ1) is 7.20. The molecular formula is C13H25ClO. The van der Waals surface area contributed by atoms with Crippen molar-refractivity contribution in [1.82, 2.24) is 0 Å². The summed E-state index contributed by atoms with van der Waals surface area (Å²) in [5.74, 6) is 0.534. The Bertz CT molecular complexity index is 157. The maximum Gasteiger partial charge on any atom is 0.221 e. The van der Waals surface area contributed by atoms with E-state index in [-0.39, 0.29) is 5.24 Å². The standard InChI is InChI=1S/C13H25ClO/c1-3-5-7-8-10-12(9-6-4-2)11-13(14)15/h12H,3-11H2,1-2H3. The van der Waals surface area contributed by atoms with Gasteiger partial charge in [0.1, 0.15) is 0 Å². The summed E-state index contributed by atoms with van der Waals surface area (Å²) < 4.78 is 0. The Balaban J connectivity index is 3.64. The summed E-state index contributed by atoms with van der Waals surface area (Å²) >= 11 is 5.45. The van der Waals surface area contributed by atoms with Crippen molar-refractivity contribution in [3.05, 3.63) is 0 Å². The Labute approximate surface area is 99.6 Å². The van der Waals surface area contributed by atoms with E-state index in [0.717, 1.165) is 0 Å². The zero-order valence-electron chi connectivity index (χ0n) is 10.2. The Morgan fingerprint density at radius 1 is 1.00 bits per heavy atom. The van der Waals surface area contributed by atoms with E-state index >= 15 is 0 Å². The minimum atomic E-state index is -0.161. The van der Waals surface area contributed by atoms with Crippen LogP contribution >= 0.6 is 11.6 Å². The molecule has 0 radical (unpaired) electrons. The van der Waals surface area contributed by atoms with E-state index in [0.29, 0.717) is 12.3 Å². The van der Waals surface area contributed by atoms with Gasteiger partial charge in [0.25, 0.3) is 0 Å². The summed E-state index contributed by atoms with van der Waals surface area (Å²) in [7, 11) is 0. The van der Waals surface area contributed by atoms with Crippen molar-refractivity contribution in [2.75, 3.05) is 0 Å². The number of carbonyl (C=O) groups is 1. The van der Waals surface area contributed by atoms with Crippen molar-refractivity contribution < 1.29 is 4.79 Å². The lowest BCUT2D eigenvalue weighted by Gasteiger charge is -2.13. The van der Waals surface area contributed by atoms with Gasteiger partial charge in [-0.2, -0.15) is 0 Å². The van der Waals surface area contributed by atoms with Crippen molar-refractivity contribution in [1.29, 1.82) is 0 Å². The van der Waals surface area contributed by atoms with Gasteiger partial charge in [-0.15, -0.1) is 0 Å². The molecule has 0 saturated carbocycles. The average Bonchev–Trinajstić information content (AvgIpc) is 2.19. The van der Waals surface area contributed by atoms with Crippen molar-refractivity contribution in [3.63, 3.8) is 0 Å². The van der Waals surface area contributed by atoms with Gasteiger partial charge in [0.2, 0.25) is 5.24 Å². The molecule has 0 aromatic rings. The number of hydrogen-bond donors (Lipinski definition) is 0. The van der Waals surface area contributed by atoms with Gasteiger partial charge >= 0.3 is 0 Å². The van der Waals surface area contributed by atoms with Crippen LogP contribution in [-0.2, 0) is 4.79 Å². The SMILES string of the molecule is CCCCCCC(CCCC)CC(=O)Cl. The van der Waals surface area contributed by atoms with Crippen LogP contribution in [0.3, 0.4) is 0 Å². The smallest absolute Gasteiger partial charge is 0.221 e. The Morgan fingerprint density at radius 2 is 1.60 bits per heavy atom. The summed E-state index contributed by atoms with van der Waals surface area (Å²) in [6, 6.07) is 0. The van der Waals surface area contributed by atoms with Crippen LogP contribution in [0.5, 0.6) is 0 Å². The predicted octanol–water partition coefficient (Wildman–Crippen LogP) is 4.92. The molecule has 0 aliphatic rings. The van der Waals surface area contributed by atoms with Crippen molar-refractivity contribution >= 4 is 16.8 Å². The molecule has 15 heavy (non-hydrogen) atoms.